The quantitative estimate of drug-likeness (QED) is 0.166. The number of esters is 3. The number of methoxy groups -OCH3 is 3. The lowest BCUT2D eigenvalue weighted by atomic mass is 9.47. The monoisotopic (exact) mass is 846 g/mol. The molecule has 2 aliphatic carbocycles. The highest BCUT2D eigenvalue weighted by Crippen LogP contribution is 2.70. The van der Waals surface area contributed by atoms with Gasteiger partial charge in [-0.25, -0.2) is 13.6 Å². The van der Waals surface area contributed by atoms with Gasteiger partial charge in [-0.05, 0) is 80.5 Å². The van der Waals surface area contributed by atoms with E-state index in [0.717, 1.165) is 24.3 Å². The van der Waals surface area contributed by atoms with Gasteiger partial charge >= 0.3 is 17.9 Å². The summed E-state index contributed by atoms with van der Waals surface area (Å²) in [6, 6.07) is 3.93. The molecule has 6 heterocycles. The van der Waals surface area contributed by atoms with Crippen molar-refractivity contribution in [2.45, 2.75) is 94.2 Å². The number of benzene rings is 1. The summed E-state index contributed by atoms with van der Waals surface area (Å²) in [5, 5.41) is 14.0. The predicted octanol–water partition coefficient (Wildman–Crippen LogP) is 4.53. The lowest BCUT2D eigenvalue weighted by molar-refractivity contribution is -0.243. The number of likely N-dealkylation sites (N-methyl/N-ethyl adjacent to an activating group) is 1. The van der Waals surface area contributed by atoms with E-state index in [4.69, 9.17) is 18.9 Å². The van der Waals surface area contributed by atoms with Gasteiger partial charge in [-0.15, -0.1) is 0 Å². The minimum absolute atomic E-state index is 0.144. The number of aliphatic hydroxyl groups is 1. The summed E-state index contributed by atoms with van der Waals surface area (Å²) in [6.45, 7) is 6.29. The summed E-state index contributed by atoms with van der Waals surface area (Å²) in [4.78, 5) is 64.7. The number of rotatable bonds is 8. The van der Waals surface area contributed by atoms with Crippen molar-refractivity contribution in [1.82, 2.24) is 19.7 Å². The number of carbonyl (C=O) groups excluding carboxylic acids is 4. The van der Waals surface area contributed by atoms with Gasteiger partial charge in [0.25, 0.3) is 0 Å². The van der Waals surface area contributed by atoms with Gasteiger partial charge in [0, 0.05) is 104 Å². The Morgan fingerprint density at radius 1 is 1.08 bits per heavy atom. The van der Waals surface area contributed by atoms with Crippen LogP contribution < -0.4 is 0 Å². The zero-order chi connectivity index (χ0) is 43.6. The van der Waals surface area contributed by atoms with E-state index in [-0.39, 0.29) is 37.9 Å². The van der Waals surface area contributed by atoms with Gasteiger partial charge in [-0.2, -0.15) is 0 Å². The molecule has 61 heavy (non-hydrogen) atoms. The SMILES string of the molecule is CC[C@]12C=CCN3CC[C@@]4(C5=CC([C@@]6(C(=O)OC)C[C@H]7CC(C(C)(F)F)CN(Cc8c6[nH]c6ccc(C=O)cc86)C7)C(OC)C=C5N(C)[C@H]4[C@@](O)(C(=O)OC)[C@@H]1OC(C)=O)[C@@H]32. The first-order valence-electron chi connectivity index (χ1n) is 21.4. The summed E-state index contributed by atoms with van der Waals surface area (Å²) in [5.41, 5.74) is -1.97. The van der Waals surface area contributed by atoms with Crippen molar-refractivity contribution in [3.05, 3.63) is 70.6 Å². The van der Waals surface area contributed by atoms with Crippen LogP contribution in [0.4, 0.5) is 8.78 Å². The van der Waals surface area contributed by atoms with Gasteiger partial charge in [-0.3, -0.25) is 24.2 Å². The molecular formula is C46H56F2N4O9. The summed E-state index contributed by atoms with van der Waals surface area (Å²) in [5.74, 6) is -7.22. The van der Waals surface area contributed by atoms with Gasteiger partial charge in [0.2, 0.25) is 11.5 Å². The van der Waals surface area contributed by atoms with E-state index in [1.165, 1.54) is 21.1 Å². The highest BCUT2D eigenvalue weighted by Gasteiger charge is 2.81. The second-order valence-electron chi connectivity index (χ2n) is 18.8. The molecule has 0 amide bonds. The van der Waals surface area contributed by atoms with E-state index in [1.807, 2.05) is 42.0 Å². The average molecular weight is 847 g/mol. The van der Waals surface area contributed by atoms with Crippen LogP contribution >= 0.6 is 0 Å². The fraction of sp³-hybridized carbons (Fsp3) is 0.609. The Balaban J connectivity index is 1.33. The number of carbonyl (C=O) groups is 4. The Morgan fingerprint density at radius 3 is 2.49 bits per heavy atom. The molecule has 3 saturated heterocycles. The second kappa shape index (κ2) is 14.3. The predicted molar refractivity (Wildman–Crippen MR) is 218 cm³/mol. The third kappa shape index (κ3) is 5.54. The number of allylic oxidation sites excluding steroid dienone is 1. The Bertz CT molecular complexity index is 2290. The molecule has 1 saturated carbocycles. The normalized spacial score (nSPS) is 38.8. The molecule has 9 rings (SSSR count). The number of likely N-dealkylation sites (tertiary alicyclic amines) is 1. The number of nitrogens with zero attached hydrogens (tertiary/aromatic N) is 3. The number of aromatic amines is 1. The molecule has 4 fully saturated rings. The topological polar surface area (TPSA) is 151 Å². The molecule has 7 aliphatic rings. The maximum absolute atomic E-state index is 15.4. The summed E-state index contributed by atoms with van der Waals surface area (Å²) in [6.07, 6.45) is 7.96. The maximum atomic E-state index is 15.4. The molecule has 5 aliphatic heterocycles. The number of halogens is 2. The van der Waals surface area contributed by atoms with Crippen LogP contribution in [-0.2, 0) is 45.3 Å². The highest BCUT2D eigenvalue weighted by molar-refractivity contribution is 5.94. The molecule has 13 nitrogen and oxygen atoms in total. The fourth-order valence-electron chi connectivity index (χ4n) is 13.8. The van der Waals surface area contributed by atoms with Crippen LogP contribution in [0.1, 0.15) is 68.1 Å². The molecule has 4 unspecified atom stereocenters. The second-order valence-corrected chi connectivity index (χ2v) is 18.8. The number of piperidine rings is 1. The van der Waals surface area contributed by atoms with Crippen LogP contribution in [0.3, 0.4) is 0 Å². The van der Waals surface area contributed by atoms with Gasteiger partial charge in [0.05, 0.1) is 26.4 Å². The largest absolute Gasteiger partial charge is 0.468 e. The summed E-state index contributed by atoms with van der Waals surface area (Å²) >= 11 is 0. The Hall–Kier alpha value is -4.44. The molecule has 328 valence electrons. The lowest BCUT2D eigenvalue weighted by Crippen LogP contribution is -2.79. The molecule has 15 heteroatoms. The van der Waals surface area contributed by atoms with Crippen molar-refractivity contribution in [2.75, 3.05) is 54.6 Å². The Labute approximate surface area is 354 Å². The van der Waals surface area contributed by atoms with Crippen LogP contribution in [0.15, 0.2) is 53.8 Å². The number of ether oxygens (including phenoxy) is 4. The molecule has 2 bridgehead atoms. The maximum Gasteiger partial charge on any atom is 0.344 e. The molecule has 2 N–H and O–H groups in total. The first-order chi connectivity index (χ1) is 29.0. The van der Waals surface area contributed by atoms with Crippen molar-refractivity contribution in [3.63, 3.8) is 0 Å². The molecule has 1 spiro atoms. The molecule has 2 aromatic rings. The minimum Gasteiger partial charge on any atom is -0.468 e. The number of nitrogens with one attached hydrogen (secondary N) is 1. The van der Waals surface area contributed by atoms with E-state index in [2.05, 4.69) is 16.0 Å². The average Bonchev–Trinajstić information content (AvgIpc) is 3.89. The number of H-pyrrole nitrogens is 1. The van der Waals surface area contributed by atoms with Crippen molar-refractivity contribution >= 4 is 35.1 Å². The van der Waals surface area contributed by atoms with E-state index in [9.17, 15) is 19.5 Å². The van der Waals surface area contributed by atoms with Crippen molar-refractivity contribution in [1.29, 1.82) is 0 Å². The molecule has 1 aromatic heterocycles. The first-order valence-corrected chi connectivity index (χ1v) is 21.4. The van der Waals surface area contributed by atoms with E-state index >= 15 is 13.6 Å². The molecule has 0 radical (unpaired) electrons. The van der Waals surface area contributed by atoms with Crippen LogP contribution in [0, 0.1) is 28.6 Å². The van der Waals surface area contributed by atoms with Crippen LogP contribution in [0.25, 0.3) is 10.9 Å². The molecular weight excluding hydrogens is 791 g/mol. The number of aromatic nitrogens is 1. The first kappa shape index (κ1) is 41.9. The van der Waals surface area contributed by atoms with Gasteiger partial charge in [0.15, 0.2) is 6.10 Å². The van der Waals surface area contributed by atoms with Gasteiger partial charge in [0.1, 0.15) is 11.7 Å². The number of alkyl halides is 2. The van der Waals surface area contributed by atoms with Gasteiger partial charge < -0.3 is 33.9 Å². The van der Waals surface area contributed by atoms with Crippen molar-refractivity contribution < 1.29 is 52.0 Å². The van der Waals surface area contributed by atoms with Crippen molar-refractivity contribution in [3.8, 4) is 0 Å². The minimum atomic E-state index is -2.98. The highest BCUT2D eigenvalue weighted by atomic mass is 19.3. The Kier molecular flexibility index (Phi) is 9.82. The lowest BCUT2D eigenvalue weighted by Gasteiger charge is -2.63. The van der Waals surface area contributed by atoms with E-state index in [0.29, 0.717) is 60.3 Å². The smallest absolute Gasteiger partial charge is 0.344 e. The van der Waals surface area contributed by atoms with Crippen LogP contribution in [0.2, 0.25) is 0 Å². The fourth-order valence-corrected chi connectivity index (χ4v) is 13.8. The zero-order valence-corrected chi connectivity index (χ0v) is 35.8. The number of hydrogen-bond acceptors (Lipinski definition) is 12. The number of aldehydes is 1. The van der Waals surface area contributed by atoms with E-state index < -0.39 is 75.8 Å². The van der Waals surface area contributed by atoms with E-state index in [1.54, 1.807) is 25.3 Å². The standard InChI is InChI=1S/C46H56F2N4O9/c1-8-43-12-9-14-52-15-13-44(37(43)52)31-18-32(35(58-5)19-34(31)50(4)38(44)46(57,41(56)60-7)39(43)61-25(2)54)45(40(55)59-6)20-27-16-28(42(3,47)48)22-51(21-27)23-30-29-17-26(24-53)10-11-33(29)49-36(30)45/h9-12,17-19,24,27-28,32,35,37-39,49,57H,8,13-16,20-23H2,1-7H3/t27-,28?,32?,35?,37+,38-,39-,43-,44-,45+,46+/m1/s1. The Morgan fingerprint density at radius 2 is 1.84 bits per heavy atom. The van der Waals surface area contributed by atoms with Crippen LogP contribution in [0.5, 0.6) is 0 Å². The molecule has 1 aromatic carbocycles. The third-order valence-electron chi connectivity index (χ3n) is 15.9. The van der Waals surface area contributed by atoms with Gasteiger partial charge in [-0.1, -0.05) is 25.2 Å². The van der Waals surface area contributed by atoms with Crippen molar-refractivity contribution in [2.24, 2.45) is 28.6 Å². The molecule has 12 atom stereocenters. The summed E-state index contributed by atoms with van der Waals surface area (Å²) in [7, 11) is 5.94. The third-order valence-corrected chi connectivity index (χ3v) is 15.9. The summed E-state index contributed by atoms with van der Waals surface area (Å²) < 4.78 is 54.6. The number of hydrogen-bond donors (Lipinski definition) is 2. The van der Waals surface area contributed by atoms with Crippen LogP contribution in [-0.4, -0.2) is 139 Å². The number of fused-ring (bicyclic) bond motifs is 6. The zero-order valence-electron chi connectivity index (χ0n) is 35.8.